The molecule has 0 aliphatic heterocycles. The average Bonchev–Trinajstić information content (AvgIpc) is 2.66. The SMILES string of the molecule is O=c1c2ccccc2nnn1Cc1ccc(-c2ccccc2)cc1. The highest BCUT2D eigenvalue weighted by atomic mass is 16.1. The van der Waals surface area contributed by atoms with E-state index in [-0.39, 0.29) is 5.56 Å². The Hall–Kier alpha value is -3.27. The van der Waals surface area contributed by atoms with Crippen molar-refractivity contribution < 1.29 is 0 Å². The van der Waals surface area contributed by atoms with Gasteiger partial charge in [0.25, 0.3) is 5.56 Å². The van der Waals surface area contributed by atoms with Crippen LogP contribution in [-0.4, -0.2) is 15.0 Å². The van der Waals surface area contributed by atoms with Gasteiger partial charge in [0.15, 0.2) is 0 Å². The molecule has 0 aliphatic carbocycles. The topological polar surface area (TPSA) is 47.8 Å². The molecule has 3 aromatic carbocycles. The third-order valence-electron chi connectivity index (χ3n) is 4.02. The van der Waals surface area contributed by atoms with E-state index in [1.165, 1.54) is 10.2 Å². The van der Waals surface area contributed by atoms with Crippen LogP contribution in [0, 0.1) is 0 Å². The molecule has 0 N–H and O–H groups in total. The average molecular weight is 313 g/mol. The maximum absolute atomic E-state index is 12.5. The number of benzene rings is 3. The molecule has 0 bridgehead atoms. The summed E-state index contributed by atoms with van der Waals surface area (Å²) in [4.78, 5) is 12.5. The molecule has 0 radical (unpaired) electrons. The lowest BCUT2D eigenvalue weighted by molar-refractivity contribution is 0.601. The zero-order valence-electron chi connectivity index (χ0n) is 13.0. The second kappa shape index (κ2) is 6.08. The van der Waals surface area contributed by atoms with E-state index in [0.717, 1.165) is 11.1 Å². The highest BCUT2D eigenvalue weighted by molar-refractivity contribution is 5.76. The van der Waals surface area contributed by atoms with Crippen LogP contribution in [0.25, 0.3) is 22.0 Å². The van der Waals surface area contributed by atoms with Crippen molar-refractivity contribution in [3.05, 3.63) is 94.8 Å². The minimum atomic E-state index is -0.118. The van der Waals surface area contributed by atoms with E-state index in [0.29, 0.717) is 17.4 Å². The van der Waals surface area contributed by atoms with E-state index in [2.05, 4.69) is 34.6 Å². The van der Waals surface area contributed by atoms with Gasteiger partial charge >= 0.3 is 0 Å². The molecule has 4 rings (SSSR count). The summed E-state index contributed by atoms with van der Waals surface area (Å²) in [6, 6.07) is 25.6. The summed E-state index contributed by atoms with van der Waals surface area (Å²) in [7, 11) is 0. The first-order valence-corrected chi connectivity index (χ1v) is 7.78. The fraction of sp³-hybridized carbons (Fsp3) is 0.0500. The van der Waals surface area contributed by atoms with Crippen molar-refractivity contribution in [2.45, 2.75) is 6.54 Å². The van der Waals surface area contributed by atoms with Crippen molar-refractivity contribution in [2.75, 3.05) is 0 Å². The second-order valence-corrected chi connectivity index (χ2v) is 5.63. The molecular weight excluding hydrogens is 298 g/mol. The van der Waals surface area contributed by atoms with Crippen LogP contribution < -0.4 is 5.56 Å². The Kier molecular flexibility index (Phi) is 3.63. The van der Waals surface area contributed by atoms with Gasteiger partial charge in [-0.25, -0.2) is 4.68 Å². The number of fused-ring (bicyclic) bond motifs is 1. The number of hydrogen-bond acceptors (Lipinski definition) is 3. The van der Waals surface area contributed by atoms with Gasteiger partial charge in [0.05, 0.1) is 11.9 Å². The Bertz CT molecular complexity index is 1040. The van der Waals surface area contributed by atoms with Crippen LogP contribution in [0.4, 0.5) is 0 Å². The molecule has 24 heavy (non-hydrogen) atoms. The van der Waals surface area contributed by atoms with Crippen molar-refractivity contribution in [1.82, 2.24) is 15.0 Å². The van der Waals surface area contributed by atoms with E-state index in [1.54, 1.807) is 12.1 Å². The van der Waals surface area contributed by atoms with Crippen LogP contribution in [0.5, 0.6) is 0 Å². The minimum Gasteiger partial charge on any atom is -0.267 e. The van der Waals surface area contributed by atoms with Gasteiger partial charge in [0.1, 0.15) is 5.52 Å². The predicted octanol–water partition coefficient (Wildman–Crippen LogP) is 3.51. The minimum absolute atomic E-state index is 0.118. The molecule has 0 unspecified atom stereocenters. The Balaban J connectivity index is 1.64. The summed E-state index contributed by atoms with van der Waals surface area (Å²) in [6.45, 7) is 0.408. The molecule has 1 aromatic heterocycles. The summed E-state index contributed by atoms with van der Waals surface area (Å²) >= 11 is 0. The number of aromatic nitrogens is 3. The van der Waals surface area contributed by atoms with Gasteiger partial charge in [0, 0.05) is 0 Å². The lowest BCUT2D eigenvalue weighted by atomic mass is 10.0. The fourth-order valence-electron chi connectivity index (χ4n) is 2.73. The maximum Gasteiger partial charge on any atom is 0.277 e. The van der Waals surface area contributed by atoms with E-state index in [1.807, 2.05) is 42.5 Å². The highest BCUT2D eigenvalue weighted by Crippen LogP contribution is 2.19. The zero-order valence-corrected chi connectivity index (χ0v) is 13.0. The van der Waals surface area contributed by atoms with Crippen LogP contribution in [0.2, 0.25) is 0 Å². The molecular formula is C20H15N3O. The molecule has 0 saturated carbocycles. The molecule has 0 amide bonds. The van der Waals surface area contributed by atoms with Crippen molar-refractivity contribution in [3.8, 4) is 11.1 Å². The standard InChI is InChI=1S/C20H15N3O/c24-20-18-8-4-5-9-19(18)21-22-23(20)14-15-10-12-17(13-11-15)16-6-2-1-3-7-16/h1-13H,14H2. The summed E-state index contributed by atoms with van der Waals surface area (Å²) in [5.41, 5.74) is 3.84. The molecule has 4 aromatic rings. The maximum atomic E-state index is 12.5. The quantitative estimate of drug-likeness (QED) is 0.581. The summed E-state index contributed by atoms with van der Waals surface area (Å²) in [5, 5.41) is 8.74. The van der Waals surface area contributed by atoms with Crippen molar-refractivity contribution >= 4 is 10.9 Å². The van der Waals surface area contributed by atoms with Crippen LogP contribution >= 0.6 is 0 Å². The van der Waals surface area contributed by atoms with Crippen LogP contribution in [0.15, 0.2) is 83.7 Å². The van der Waals surface area contributed by atoms with Gasteiger partial charge in [-0.2, -0.15) is 0 Å². The Labute approximate surface area is 139 Å². The van der Waals surface area contributed by atoms with Gasteiger partial charge in [-0.3, -0.25) is 4.79 Å². The molecule has 116 valence electrons. The first-order chi connectivity index (χ1) is 11.8. The molecule has 4 nitrogen and oxygen atoms in total. The smallest absolute Gasteiger partial charge is 0.267 e. The van der Waals surface area contributed by atoms with Crippen molar-refractivity contribution in [2.24, 2.45) is 0 Å². The summed E-state index contributed by atoms with van der Waals surface area (Å²) in [6.07, 6.45) is 0. The van der Waals surface area contributed by atoms with E-state index < -0.39 is 0 Å². The van der Waals surface area contributed by atoms with Gasteiger partial charge < -0.3 is 0 Å². The first kappa shape index (κ1) is 14.3. The Morgan fingerprint density at radius 1 is 0.750 bits per heavy atom. The second-order valence-electron chi connectivity index (χ2n) is 5.63. The lowest BCUT2D eigenvalue weighted by Gasteiger charge is -2.06. The number of rotatable bonds is 3. The third-order valence-corrected chi connectivity index (χ3v) is 4.02. The zero-order chi connectivity index (χ0) is 16.4. The predicted molar refractivity (Wildman–Crippen MR) is 94.8 cm³/mol. The molecule has 0 aliphatic rings. The monoisotopic (exact) mass is 313 g/mol. The van der Waals surface area contributed by atoms with E-state index in [4.69, 9.17) is 0 Å². The van der Waals surface area contributed by atoms with Crippen LogP contribution in [-0.2, 0) is 6.54 Å². The van der Waals surface area contributed by atoms with Crippen LogP contribution in [0.1, 0.15) is 5.56 Å². The normalized spacial score (nSPS) is 10.8. The molecule has 1 heterocycles. The molecule has 0 spiro atoms. The highest BCUT2D eigenvalue weighted by Gasteiger charge is 2.06. The third kappa shape index (κ3) is 2.70. The van der Waals surface area contributed by atoms with E-state index in [9.17, 15) is 4.79 Å². The van der Waals surface area contributed by atoms with Crippen molar-refractivity contribution in [1.29, 1.82) is 0 Å². The van der Waals surface area contributed by atoms with Gasteiger partial charge in [0.2, 0.25) is 0 Å². The number of hydrogen-bond donors (Lipinski definition) is 0. The van der Waals surface area contributed by atoms with Gasteiger partial charge in [-0.05, 0) is 28.8 Å². The fourth-order valence-corrected chi connectivity index (χ4v) is 2.73. The largest absolute Gasteiger partial charge is 0.277 e. The Morgan fingerprint density at radius 3 is 2.21 bits per heavy atom. The summed E-state index contributed by atoms with van der Waals surface area (Å²) in [5.74, 6) is 0. The van der Waals surface area contributed by atoms with E-state index >= 15 is 0 Å². The molecule has 0 atom stereocenters. The molecule has 0 saturated heterocycles. The molecule has 4 heteroatoms. The number of nitrogens with zero attached hydrogens (tertiary/aromatic N) is 3. The first-order valence-electron chi connectivity index (χ1n) is 7.78. The van der Waals surface area contributed by atoms with Crippen molar-refractivity contribution in [3.63, 3.8) is 0 Å². The van der Waals surface area contributed by atoms with Crippen LogP contribution in [0.3, 0.4) is 0 Å². The summed E-state index contributed by atoms with van der Waals surface area (Å²) < 4.78 is 1.40. The van der Waals surface area contributed by atoms with Gasteiger partial charge in [-0.1, -0.05) is 71.9 Å². The lowest BCUT2D eigenvalue weighted by Crippen LogP contribution is -2.24. The molecule has 0 fully saturated rings. The van der Waals surface area contributed by atoms with Gasteiger partial charge in [-0.15, -0.1) is 5.10 Å². The Morgan fingerprint density at radius 2 is 1.42 bits per heavy atom.